The van der Waals surface area contributed by atoms with Crippen LogP contribution in [0.4, 0.5) is 0 Å². The second kappa shape index (κ2) is 8.49. The van der Waals surface area contributed by atoms with Crippen molar-refractivity contribution < 1.29 is 27.5 Å². The lowest BCUT2D eigenvalue weighted by Gasteiger charge is -2.26. The van der Waals surface area contributed by atoms with Crippen LogP contribution >= 0.6 is 0 Å². The van der Waals surface area contributed by atoms with E-state index in [1.54, 1.807) is 6.92 Å². The molecule has 1 saturated heterocycles. The first-order chi connectivity index (χ1) is 13.8. The molecule has 1 heterocycles. The summed E-state index contributed by atoms with van der Waals surface area (Å²) in [4.78, 5) is 24.3. The Balaban J connectivity index is 1.62. The standard InChI is InChI=1S/C19H23N3O6S/c1-19(13-20,15-5-6-15)21-17(23)12-28-18(24)14-3-2-4-16(11-14)29(25,26)22-7-9-27-10-8-22/h2-4,11,15H,5-10,12H2,1H3,(H,21,23)/t19-/m1/s1. The van der Waals surface area contributed by atoms with Gasteiger partial charge in [-0.25, -0.2) is 13.2 Å². The van der Waals surface area contributed by atoms with Crippen molar-refractivity contribution in [3.8, 4) is 6.07 Å². The summed E-state index contributed by atoms with van der Waals surface area (Å²) in [6.07, 6.45) is 1.74. The molecular weight excluding hydrogens is 398 g/mol. The van der Waals surface area contributed by atoms with Gasteiger partial charge in [0.25, 0.3) is 5.91 Å². The van der Waals surface area contributed by atoms with Gasteiger partial charge in [-0.1, -0.05) is 6.07 Å². The summed E-state index contributed by atoms with van der Waals surface area (Å²) in [5.41, 5.74) is -0.951. The predicted molar refractivity (Wildman–Crippen MR) is 101 cm³/mol. The van der Waals surface area contributed by atoms with Crippen molar-refractivity contribution in [2.75, 3.05) is 32.9 Å². The fourth-order valence-corrected chi connectivity index (χ4v) is 4.60. The van der Waals surface area contributed by atoms with Crippen molar-refractivity contribution in [3.63, 3.8) is 0 Å². The molecule has 1 amide bonds. The zero-order valence-electron chi connectivity index (χ0n) is 16.1. The Bertz CT molecular complexity index is 932. The summed E-state index contributed by atoms with van der Waals surface area (Å²) in [6.45, 7) is 2.22. The molecule has 1 aliphatic heterocycles. The van der Waals surface area contributed by atoms with Crippen molar-refractivity contribution >= 4 is 21.9 Å². The molecule has 2 aliphatic rings. The number of ether oxygens (including phenoxy) is 2. The van der Waals surface area contributed by atoms with Crippen LogP contribution in [-0.4, -0.2) is 63.0 Å². The Morgan fingerprint density at radius 1 is 1.34 bits per heavy atom. The molecule has 0 aromatic heterocycles. The number of nitriles is 1. The van der Waals surface area contributed by atoms with Gasteiger partial charge < -0.3 is 14.8 Å². The molecule has 0 unspecified atom stereocenters. The summed E-state index contributed by atoms with van der Waals surface area (Å²) >= 11 is 0. The van der Waals surface area contributed by atoms with Gasteiger partial charge in [0, 0.05) is 13.1 Å². The third-order valence-corrected chi connectivity index (χ3v) is 6.93. The summed E-state index contributed by atoms with van der Waals surface area (Å²) in [6, 6.07) is 7.60. The highest BCUT2D eigenvalue weighted by molar-refractivity contribution is 7.89. The minimum atomic E-state index is -3.75. The molecule has 10 heteroatoms. The number of sulfonamides is 1. The number of morpholine rings is 1. The van der Waals surface area contributed by atoms with Crippen LogP contribution in [0.3, 0.4) is 0 Å². The monoisotopic (exact) mass is 421 g/mol. The molecule has 156 valence electrons. The molecular formula is C19H23N3O6S. The third-order valence-electron chi connectivity index (χ3n) is 5.04. The van der Waals surface area contributed by atoms with Crippen LogP contribution in [0.5, 0.6) is 0 Å². The van der Waals surface area contributed by atoms with Crippen molar-refractivity contribution in [3.05, 3.63) is 29.8 Å². The summed E-state index contributed by atoms with van der Waals surface area (Å²) < 4.78 is 36.9. The Morgan fingerprint density at radius 2 is 2.03 bits per heavy atom. The summed E-state index contributed by atoms with van der Waals surface area (Å²) in [5.74, 6) is -1.29. The van der Waals surface area contributed by atoms with Gasteiger partial charge in [-0.15, -0.1) is 0 Å². The quantitative estimate of drug-likeness (QED) is 0.641. The maximum Gasteiger partial charge on any atom is 0.338 e. The van der Waals surface area contributed by atoms with Crippen LogP contribution in [-0.2, 0) is 24.3 Å². The Labute approximate surface area is 169 Å². The first kappa shape index (κ1) is 21.2. The van der Waals surface area contributed by atoms with Gasteiger partial charge in [-0.2, -0.15) is 9.57 Å². The van der Waals surface area contributed by atoms with E-state index in [0.717, 1.165) is 12.8 Å². The smallest absolute Gasteiger partial charge is 0.338 e. The van der Waals surface area contributed by atoms with Crippen LogP contribution in [0.1, 0.15) is 30.1 Å². The van der Waals surface area contributed by atoms with E-state index in [1.807, 2.05) is 0 Å². The highest BCUT2D eigenvalue weighted by Crippen LogP contribution is 2.39. The van der Waals surface area contributed by atoms with Crippen molar-refractivity contribution in [2.45, 2.75) is 30.2 Å². The molecule has 0 bridgehead atoms. The molecule has 1 aromatic carbocycles. The minimum Gasteiger partial charge on any atom is -0.452 e. The van der Waals surface area contributed by atoms with Crippen molar-refractivity contribution in [1.82, 2.24) is 9.62 Å². The second-order valence-electron chi connectivity index (χ2n) is 7.26. The maximum atomic E-state index is 12.7. The van der Waals surface area contributed by atoms with E-state index in [4.69, 9.17) is 9.47 Å². The van der Waals surface area contributed by atoms with Crippen molar-refractivity contribution in [2.24, 2.45) is 5.92 Å². The van der Waals surface area contributed by atoms with Gasteiger partial charge in [-0.3, -0.25) is 4.79 Å². The molecule has 1 aliphatic carbocycles. The number of hydrogen-bond acceptors (Lipinski definition) is 7. The average Bonchev–Trinajstić information content (AvgIpc) is 3.58. The van der Waals surface area contributed by atoms with E-state index in [2.05, 4.69) is 11.4 Å². The summed E-state index contributed by atoms with van der Waals surface area (Å²) in [5, 5.41) is 11.9. The normalized spacial score (nSPS) is 19.6. The van der Waals surface area contributed by atoms with E-state index in [-0.39, 0.29) is 29.5 Å². The molecule has 1 aromatic rings. The lowest BCUT2D eigenvalue weighted by atomic mass is 9.98. The maximum absolute atomic E-state index is 12.7. The van der Waals surface area contributed by atoms with Gasteiger partial charge in [0.2, 0.25) is 10.0 Å². The molecule has 9 nitrogen and oxygen atoms in total. The topological polar surface area (TPSA) is 126 Å². The number of hydrogen-bond donors (Lipinski definition) is 1. The van der Waals surface area contributed by atoms with E-state index >= 15 is 0 Å². The molecule has 1 N–H and O–H groups in total. The van der Waals surface area contributed by atoms with Crippen LogP contribution in [0.2, 0.25) is 0 Å². The van der Waals surface area contributed by atoms with Crippen LogP contribution in [0.15, 0.2) is 29.2 Å². The molecule has 2 fully saturated rings. The van der Waals surface area contributed by atoms with Gasteiger partial charge in [0.15, 0.2) is 6.61 Å². The highest BCUT2D eigenvalue weighted by Gasteiger charge is 2.43. The Hall–Kier alpha value is -2.48. The predicted octanol–water partition coefficient (Wildman–Crippen LogP) is 0.673. The fourth-order valence-electron chi connectivity index (χ4n) is 3.14. The van der Waals surface area contributed by atoms with E-state index in [9.17, 15) is 23.3 Å². The molecule has 3 rings (SSSR count). The number of rotatable bonds is 7. The fraction of sp³-hybridized carbons (Fsp3) is 0.526. The molecule has 0 spiro atoms. The van der Waals surface area contributed by atoms with Gasteiger partial charge in [0.1, 0.15) is 5.54 Å². The minimum absolute atomic E-state index is 0.0240. The third kappa shape index (κ3) is 4.93. The summed E-state index contributed by atoms with van der Waals surface area (Å²) in [7, 11) is -3.75. The van der Waals surface area contributed by atoms with Crippen LogP contribution < -0.4 is 5.32 Å². The SMILES string of the molecule is C[C@](C#N)(NC(=O)COC(=O)c1cccc(S(=O)(=O)N2CCOCC2)c1)C1CC1. The van der Waals surface area contributed by atoms with Gasteiger partial charge >= 0.3 is 5.97 Å². The van der Waals surface area contributed by atoms with Crippen molar-refractivity contribution in [1.29, 1.82) is 5.26 Å². The van der Waals surface area contributed by atoms with E-state index in [0.29, 0.717) is 13.2 Å². The molecule has 0 radical (unpaired) electrons. The zero-order chi connectivity index (χ0) is 21.1. The number of esters is 1. The second-order valence-corrected chi connectivity index (χ2v) is 9.19. The number of benzene rings is 1. The number of carbonyl (C=O) groups is 2. The van der Waals surface area contributed by atoms with Crippen LogP contribution in [0.25, 0.3) is 0 Å². The number of nitrogens with one attached hydrogen (secondary N) is 1. The zero-order valence-corrected chi connectivity index (χ0v) is 16.9. The van der Waals surface area contributed by atoms with Crippen LogP contribution in [0, 0.1) is 17.2 Å². The largest absolute Gasteiger partial charge is 0.452 e. The highest BCUT2D eigenvalue weighted by atomic mass is 32.2. The molecule has 29 heavy (non-hydrogen) atoms. The molecule has 1 saturated carbocycles. The van der Waals surface area contributed by atoms with Gasteiger partial charge in [-0.05, 0) is 43.9 Å². The van der Waals surface area contributed by atoms with E-state index in [1.165, 1.54) is 28.6 Å². The number of amides is 1. The lowest BCUT2D eigenvalue weighted by molar-refractivity contribution is -0.125. The number of carbonyl (C=O) groups excluding carboxylic acids is 2. The Morgan fingerprint density at radius 3 is 2.66 bits per heavy atom. The average molecular weight is 421 g/mol. The first-order valence-electron chi connectivity index (χ1n) is 9.33. The number of nitrogens with zero attached hydrogens (tertiary/aromatic N) is 2. The van der Waals surface area contributed by atoms with E-state index < -0.39 is 34.0 Å². The Kier molecular flexibility index (Phi) is 6.21. The van der Waals surface area contributed by atoms with Gasteiger partial charge in [0.05, 0.1) is 29.7 Å². The molecule has 1 atom stereocenters. The first-order valence-corrected chi connectivity index (χ1v) is 10.8. The lowest BCUT2D eigenvalue weighted by Crippen LogP contribution is -2.48.